The fraction of sp³-hybridized carbons (Fsp3) is 0.556. The number of carbonyl (C=O) groups excluding carboxylic acids is 1. The summed E-state index contributed by atoms with van der Waals surface area (Å²) >= 11 is 0. The van der Waals surface area contributed by atoms with Crippen LogP contribution >= 0.6 is 0 Å². The Bertz CT molecular complexity index is 1220. The fourth-order valence-corrected chi connectivity index (χ4v) is 6.35. The molecule has 3 heterocycles. The first kappa shape index (κ1) is 23.4. The van der Waals surface area contributed by atoms with E-state index >= 15 is 0 Å². The summed E-state index contributed by atoms with van der Waals surface area (Å²) in [7, 11) is 0. The lowest BCUT2D eigenvalue weighted by atomic mass is 9.77. The number of anilines is 1. The number of ether oxygens (including phenoxy) is 1. The summed E-state index contributed by atoms with van der Waals surface area (Å²) in [6, 6.07) is 9.86. The van der Waals surface area contributed by atoms with E-state index in [1.807, 2.05) is 37.3 Å². The van der Waals surface area contributed by atoms with Crippen LogP contribution in [0, 0.1) is 0 Å². The molecular weight excluding hydrogens is 456 g/mol. The van der Waals surface area contributed by atoms with Crippen molar-refractivity contribution in [1.29, 1.82) is 0 Å². The number of aliphatic hydroxyl groups is 1. The highest BCUT2D eigenvalue weighted by molar-refractivity contribution is 5.89. The van der Waals surface area contributed by atoms with E-state index in [0.29, 0.717) is 23.0 Å². The molecule has 0 unspecified atom stereocenters. The van der Waals surface area contributed by atoms with Crippen LogP contribution in [0.15, 0.2) is 43.0 Å². The van der Waals surface area contributed by atoms with Gasteiger partial charge in [-0.15, -0.1) is 0 Å². The lowest BCUT2D eigenvalue weighted by Gasteiger charge is -2.31. The molecule has 1 aromatic carbocycles. The Kier molecular flexibility index (Phi) is 6.13. The Morgan fingerprint density at radius 2 is 1.83 bits per heavy atom. The number of aliphatic hydroxyl groups excluding tert-OH is 1. The molecule has 3 N–H and O–H groups in total. The van der Waals surface area contributed by atoms with Crippen LogP contribution < -0.4 is 10.6 Å². The average molecular weight is 491 g/mol. The summed E-state index contributed by atoms with van der Waals surface area (Å²) in [5.41, 5.74) is 1.74. The zero-order valence-electron chi connectivity index (χ0n) is 20.6. The molecule has 4 atom stereocenters. The highest BCUT2D eigenvalue weighted by Crippen LogP contribution is 2.42. The van der Waals surface area contributed by atoms with Crippen molar-refractivity contribution < 1.29 is 14.6 Å². The Balaban J connectivity index is 1.23. The molecule has 1 amide bonds. The molecule has 3 fully saturated rings. The summed E-state index contributed by atoms with van der Waals surface area (Å²) in [5, 5.41) is 18.0. The number of nitrogens with zero attached hydrogens (tertiary/aromatic N) is 4. The number of hydrogen-bond acceptors (Lipinski definition) is 7. The van der Waals surface area contributed by atoms with Crippen molar-refractivity contribution in [1.82, 2.24) is 24.8 Å². The van der Waals surface area contributed by atoms with Gasteiger partial charge in [0, 0.05) is 6.04 Å². The monoisotopic (exact) mass is 490 g/mol. The van der Waals surface area contributed by atoms with E-state index in [2.05, 4.69) is 25.6 Å². The zero-order chi connectivity index (χ0) is 24.7. The SMILES string of the molecule is C[C@H]1O[C@@H](n2cnc3c(NC4CCCC4)ncnc32)[C@H](O)[C@H]1NC(=O)C1(c2ccccc2)CCCC1. The second kappa shape index (κ2) is 9.44. The number of nitrogens with one attached hydrogen (secondary N) is 2. The number of fused-ring (bicyclic) bond motifs is 1. The van der Waals surface area contributed by atoms with E-state index in [0.717, 1.165) is 44.1 Å². The topological polar surface area (TPSA) is 114 Å². The van der Waals surface area contributed by atoms with E-state index in [1.165, 1.54) is 19.2 Å². The summed E-state index contributed by atoms with van der Waals surface area (Å²) < 4.78 is 7.95. The van der Waals surface area contributed by atoms with Crippen LogP contribution in [-0.4, -0.2) is 54.8 Å². The van der Waals surface area contributed by atoms with Crippen LogP contribution in [0.1, 0.15) is 70.1 Å². The minimum absolute atomic E-state index is 0.0350. The average Bonchev–Trinajstić information content (AvgIpc) is 3.70. The molecule has 2 aliphatic carbocycles. The minimum Gasteiger partial charge on any atom is -0.386 e. The summed E-state index contributed by atoms with van der Waals surface area (Å²) in [6.07, 6.45) is 9.48. The first-order valence-corrected chi connectivity index (χ1v) is 13.2. The van der Waals surface area contributed by atoms with Crippen LogP contribution in [0.4, 0.5) is 5.82 Å². The molecular formula is C27H34N6O3. The van der Waals surface area contributed by atoms with Crippen LogP contribution in [0.3, 0.4) is 0 Å². The third-order valence-corrected chi connectivity index (χ3v) is 8.36. The van der Waals surface area contributed by atoms with Crippen LogP contribution in [0.25, 0.3) is 11.2 Å². The largest absolute Gasteiger partial charge is 0.386 e. The number of hydrogen-bond donors (Lipinski definition) is 3. The predicted molar refractivity (Wildman–Crippen MR) is 135 cm³/mol. The van der Waals surface area contributed by atoms with Gasteiger partial charge in [-0.25, -0.2) is 15.0 Å². The van der Waals surface area contributed by atoms with E-state index in [1.54, 1.807) is 10.9 Å². The Hall–Kier alpha value is -3.04. The smallest absolute Gasteiger partial charge is 0.231 e. The first-order chi connectivity index (χ1) is 17.6. The van der Waals surface area contributed by atoms with Gasteiger partial charge in [-0.1, -0.05) is 56.0 Å². The standard InChI is InChI=1S/C27H34N6O3/c1-17-20(32-26(35)27(13-7-8-14-27)18-9-3-2-4-10-18)22(34)25(36-17)33-16-30-21-23(28-15-29-24(21)33)31-19-11-5-6-12-19/h2-4,9-10,15-17,19-20,22,25,34H,5-8,11-14H2,1H3,(H,32,35)(H,28,29,31)/t17-,20+,22-,25-/m1/s1. The molecule has 0 spiro atoms. The summed E-state index contributed by atoms with van der Waals surface area (Å²) in [4.78, 5) is 27.1. The highest BCUT2D eigenvalue weighted by Gasteiger charge is 2.48. The van der Waals surface area contributed by atoms with Gasteiger partial charge < -0.3 is 20.5 Å². The lowest BCUT2D eigenvalue weighted by Crippen LogP contribution is -2.52. The number of aromatic nitrogens is 4. The van der Waals surface area contributed by atoms with Crippen LogP contribution in [0.2, 0.25) is 0 Å². The van der Waals surface area contributed by atoms with Gasteiger partial charge in [-0.3, -0.25) is 9.36 Å². The van der Waals surface area contributed by atoms with Gasteiger partial charge in [0.05, 0.1) is 23.9 Å². The van der Waals surface area contributed by atoms with Gasteiger partial charge in [0.25, 0.3) is 0 Å². The molecule has 1 saturated heterocycles. The number of amides is 1. The fourth-order valence-electron chi connectivity index (χ4n) is 6.35. The molecule has 9 heteroatoms. The van der Waals surface area contributed by atoms with Crippen molar-refractivity contribution in [2.75, 3.05) is 5.32 Å². The number of imidazole rings is 1. The van der Waals surface area contributed by atoms with Crippen LogP contribution in [0.5, 0.6) is 0 Å². The molecule has 36 heavy (non-hydrogen) atoms. The minimum atomic E-state index is -0.947. The van der Waals surface area contributed by atoms with E-state index in [9.17, 15) is 9.90 Å². The van der Waals surface area contributed by atoms with Crippen molar-refractivity contribution in [2.45, 2.75) is 94.2 Å². The highest BCUT2D eigenvalue weighted by atomic mass is 16.5. The molecule has 190 valence electrons. The van der Waals surface area contributed by atoms with Gasteiger partial charge in [0.15, 0.2) is 23.2 Å². The van der Waals surface area contributed by atoms with Crippen molar-refractivity contribution in [2.24, 2.45) is 0 Å². The normalized spacial score (nSPS) is 28.1. The molecule has 3 aromatic rings. The number of carbonyl (C=O) groups is 1. The molecule has 2 aromatic heterocycles. The molecule has 1 aliphatic heterocycles. The van der Waals surface area contributed by atoms with Crippen molar-refractivity contribution in [3.63, 3.8) is 0 Å². The maximum Gasteiger partial charge on any atom is 0.231 e. The number of rotatable bonds is 6. The quantitative estimate of drug-likeness (QED) is 0.485. The third-order valence-electron chi connectivity index (χ3n) is 8.36. The van der Waals surface area contributed by atoms with E-state index in [-0.39, 0.29) is 12.0 Å². The van der Waals surface area contributed by atoms with Crippen LogP contribution in [-0.2, 0) is 14.9 Å². The summed E-state index contributed by atoms with van der Waals surface area (Å²) in [5.74, 6) is 0.675. The second-order valence-electron chi connectivity index (χ2n) is 10.5. The van der Waals surface area contributed by atoms with Gasteiger partial charge in [-0.2, -0.15) is 0 Å². The molecule has 0 radical (unpaired) electrons. The van der Waals surface area contributed by atoms with Gasteiger partial charge >= 0.3 is 0 Å². The Labute approximate surface area is 210 Å². The zero-order valence-corrected chi connectivity index (χ0v) is 20.6. The Morgan fingerprint density at radius 1 is 1.08 bits per heavy atom. The van der Waals surface area contributed by atoms with E-state index in [4.69, 9.17) is 4.74 Å². The lowest BCUT2D eigenvalue weighted by molar-refractivity contribution is -0.128. The molecule has 0 bridgehead atoms. The molecule has 9 nitrogen and oxygen atoms in total. The van der Waals surface area contributed by atoms with Gasteiger partial charge in [0.1, 0.15) is 12.4 Å². The maximum absolute atomic E-state index is 13.7. The van der Waals surface area contributed by atoms with Crippen molar-refractivity contribution in [3.8, 4) is 0 Å². The maximum atomic E-state index is 13.7. The third kappa shape index (κ3) is 3.94. The van der Waals surface area contributed by atoms with Crippen molar-refractivity contribution >= 4 is 22.9 Å². The first-order valence-electron chi connectivity index (χ1n) is 13.2. The molecule has 6 rings (SSSR count). The summed E-state index contributed by atoms with van der Waals surface area (Å²) in [6.45, 7) is 1.89. The van der Waals surface area contributed by atoms with Crippen molar-refractivity contribution in [3.05, 3.63) is 48.5 Å². The second-order valence-corrected chi connectivity index (χ2v) is 10.5. The Morgan fingerprint density at radius 3 is 2.58 bits per heavy atom. The molecule has 3 aliphatic rings. The number of benzene rings is 1. The van der Waals surface area contributed by atoms with Gasteiger partial charge in [-0.05, 0) is 38.2 Å². The van der Waals surface area contributed by atoms with E-state index < -0.39 is 23.8 Å². The molecule has 2 saturated carbocycles. The van der Waals surface area contributed by atoms with Gasteiger partial charge in [0.2, 0.25) is 5.91 Å². The predicted octanol–water partition coefficient (Wildman–Crippen LogP) is 3.46.